The molecule has 0 aliphatic carbocycles. The second kappa shape index (κ2) is 8.78. The van der Waals surface area contributed by atoms with Crippen molar-refractivity contribution in [1.82, 2.24) is 19.2 Å². The van der Waals surface area contributed by atoms with E-state index in [0.717, 1.165) is 11.9 Å². The van der Waals surface area contributed by atoms with E-state index in [4.69, 9.17) is 9.47 Å². The van der Waals surface area contributed by atoms with Crippen LogP contribution >= 0.6 is 11.8 Å². The smallest absolute Gasteiger partial charge is 0.262 e. The standard InChI is InChI=1S/C23H23N5O4S/c1-3-10-27-21(30)16-6-4-5-7-17(16)28-22(27)25-26-23(28)33-14(2)20(29)24-15-8-9-18-19(13-15)32-12-11-31-18/h4-9,13-14H,3,10-12H2,1-2H3,(H,24,29)/t14-/m1/s1. The number of ether oxygens (including phenoxy) is 2. The molecule has 1 aliphatic heterocycles. The van der Waals surface area contributed by atoms with Crippen LogP contribution in [-0.4, -0.2) is 43.5 Å². The Bertz CT molecular complexity index is 1410. The summed E-state index contributed by atoms with van der Waals surface area (Å²) in [5, 5.41) is 12.2. The highest BCUT2D eigenvalue weighted by Gasteiger charge is 2.22. The van der Waals surface area contributed by atoms with Gasteiger partial charge in [-0.15, -0.1) is 10.2 Å². The Morgan fingerprint density at radius 1 is 1.15 bits per heavy atom. The molecule has 1 N–H and O–H groups in total. The van der Waals surface area contributed by atoms with E-state index in [9.17, 15) is 9.59 Å². The number of carbonyl (C=O) groups is 1. The largest absolute Gasteiger partial charge is 0.486 e. The van der Waals surface area contributed by atoms with Gasteiger partial charge in [0.25, 0.3) is 5.56 Å². The number of hydrogen-bond donors (Lipinski definition) is 1. The number of thioether (sulfide) groups is 1. The minimum absolute atomic E-state index is 0.0895. The fourth-order valence-electron chi connectivity index (χ4n) is 3.81. The molecule has 33 heavy (non-hydrogen) atoms. The second-order valence-corrected chi connectivity index (χ2v) is 9.01. The number of carbonyl (C=O) groups excluding carboxylic acids is 1. The number of nitrogens with zero attached hydrogens (tertiary/aromatic N) is 4. The SMILES string of the molecule is CCCn1c(=O)c2ccccc2n2c(S[C@H](C)C(=O)Nc3ccc4c(c3)OCCO4)nnc12. The van der Waals surface area contributed by atoms with Crippen molar-refractivity contribution in [2.24, 2.45) is 0 Å². The van der Waals surface area contributed by atoms with Gasteiger partial charge >= 0.3 is 0 Å². The third-order valence-electron chi connectivity index (χ3n) is 5.39. The van der Waals surface area contributed by atoms with Gasteiger partial charge in [0, 0.05) is 18.3 Å². The Kier molecular flexibility index (Phi) is 5.67. The van der Waals surface area contributed by atoms with Crippen molar-refractivity contribution in [2.75, 3.05) is 18.5 Å². The summed E-state index contributed by atoms with van der Waals surface area (Å²) in [6, 6.07) is 12.7. The van der Waals surface area contributed by atoms with Crippen LogP contribution in [0.3, 0.4) is 0 Å². The normalized spacial score (nSPS) is 13.9. The maximum absolute atomic E-state index is 13.0. The molecule has 5 rings (SSSR count). The topological polar surface area (TPSA) is 99.8 Å². The van der Waals surface area contributed by atoms with Crippen LogP contribution in [0.4, 0.5) is 5.69 Å². The molecule has 1 atom stereocenters. The first-order valence-electron chi connectivity index (χ1n) is 10.8. The van der Waals surface area contributed by atoms with Crippen LogP contribution in [0.15, 0.2) is 52.4 Å². The van der Waals surface area contributed by atoms with E-state index < -0.39 is 5.25 Å². The van der Waals surface area contributed by atoms with E-state index in [2.05, 4.69) is 15.5 Å². The monoisotopic (exact) mass is 465 g/mol. The first-order valence-corrected chi connectivity index (χ1v) is 11.7. The minimum atomic E-state index is -0.462. The average Bonchev–Trinajstić information content (AvgIpc) is 3.25. The third kappa shape index (κ3) is 3.91. The number of fused-ring (bicyclic) bond motifs is 4. The van der Waals surface area contributed by atoms with Crippen LogP contribution in [-0.2, 0) is 11.3 Å². The summed E-state index contributed by atoms with van der Waals surface area (Å²) in [5.41, 5.74) is 1.26. The van der Waals surface area contributed by atoms with E-state index in [-0.39, 0.29) is 11.5 Å². The number of benzene rings is 2. The molecule has 0 radical (unpaired) electrons. The number of rotatable bonds is 6. The van der Waals surface area contributed by atoms with E-state index >= 15 is 0 Å². The molecular formula is C23H23N5O4S. The van der Waals surface area contributed by atoms with Gasteiger partial charge in [0.2, 0.25) is 11.7 Å². The minimum Gasteiger partial charge on any atom is -0.486 e. The molecule has 9 nitrogen and oxygen atoms in total. The van der Waals surface area contributed by atoms with Crippen LogP contribution < -0.4 is 20.3 Å². The highest BCUT2D eigenvalue weighted by atomic mass is 32.2. The lowest BCUT2D eigenvalue weighted by atomic mass is 10.2. The van der Waals surface area contributed by atoms with Crippen LogP contribution in [0, 0.1) is 0 Å². The zero-order valence-electron chi connectivity index (χ0n) is 18.3. The molecule has 0 saturated heterocycles. The summed E-state index contributed by atoms with van der Waals surface area (Å²) in [7, 11) is 0. The lowest BCUT2D eigenvalue weighted by molar-refractivity contribution is -0.115. The molecule has 0 bridgehead atoms. The number of para-hydroxylation sites is 1. The van der Waals surface area contributed by atoms with Gasteiger partial charge in [-0.2, -0.15) is 0 Å². The summed E-state index contributed by atoms with van der Waals surface area (Å²) in [4.78, 5) is 25.9. The molecule has 2 aromatic carbocycles. The predicted molar refractivity (Wildman–Crippen MR) is 126 cm³/mol. The molecule has 0 saturated carbocycles. The van der Waals surface area contributed by atoms with Crippen molar-refractivity contribution in [1.29, 1.82) is 0 Å². The summed E-state index contributed by atoms with van der Waals surface area (Å²) < 4.78 is 14.6. The first kappa shape index (κ1) is 21.3. The Labute approximate surface area is 193 Å². The van der Waals surface area contributed by atoms with Crippen molar-refractivity contribution in [3.63, 3.8) is 0 Å². The Balaban J connectivity index is 1.44. The summed E-state index contributed by atoms with van der Waals surface area (Å²) in [5.74, 6) is 1.58. The van der Waals surface area contributed by atoms with Crippen LogP contribution in [0.25, 0.3) is 16.7 Å². The number of aromatic nitrogens is 4. The molecular weight excluding hydrogens is 442 g/mol. The highest BCUT2D eigenvalue weighted by Crippen LogP contribution is 2.33. The van der Waals surface area contributed by atoms with Gasteiger partial charge in [-0.1, -0.05) is 30.8 Å². The van der Waals surface area contributed by atoms with Gasteiger partial charge in [-0.25, -0.2) is 0 Å². The van der Waals surface area contributed by atoms with Gasteiger partial charge in [-0.05, 0) is 37.6 Å². The maximum atomic E-state index is 13.0. The first-order chi connectivity index (χ1) is 16.1. The molecule has 1 aliphatic rings. The molecule has 2 aromatic heterocycles. The number of nitrogens with one attached hydrogen (secondary N) is 1. The van der Waals surface area contributed by atoms with Crippen molar-refractivity contribution >= 4 is 40.0 Å². The molecule has 0 spiro atoms. The van der Waals surface area contributed by atoms with Crippen molar-refractivity contribution in [3.8, 4) is 11.5 Å². The van der Waals surface area contributed by atoms with Crippen LogP contribution in [0.5, 0.6) is 11.5 Å². The molecule has 4 aromatic rings. The van der Waals surface area contributed by atoms with E-state index in [1.807, 2.05) is 36.4 Å². The van der Waals surface area contributed by atoms with E-state index in [1.54, 1.807) is 28.8 Å². The predicted octanol–water partition coefficient (Wildman–Crippen LogP) is 3.34. The van der Waals surface area contributed by atoms with Crippen LogP contribution in [0.2, 0.25) is 0 Å². The lowest BCUT2D eigenvalue weighted by Gasteiger charge is -2.19. The van der Waals surface area contributed by atoms with E-state index in [0.29, 0.717) is 53.3 Å². The van der Waals surface area contributed by atoms with Gasteiger partial charge in [0.1, 0.15) is 13.2 Å². The Morgan fingerprint density at radius 2 is 1.94 bits per heavy atom. The summed E-state index contributed by atoms with van der Waals surface area (Å²) in [6.07, 6.45) is 0.789. The zero-order chi connectivity index (χ0) is 22.9. The Hall–Kier alpha value is -3.53. The lowest BCUT2D eigenvalue weighted by Crippen LogP contribution is -2.24. The second-order valence-electron chi connectivity index (χ2n) is 7.70. The molecule has 170 valence electrons. The molecule has 0 unspecified atom stereocenters. The average molecular weight is 466 g/mol. The number of anilines is 1. The number of aryl methyl sites for hydroxylation is 1. The highest BCUT2D eigenvalue weighted by molar-refractivity contribution is 8.00. The van der Waals surface area contributed by atoms with Gasteiger partial charge in [-0.3, -0.25) is 18.6 Å². The third-order valence-corrected chi connectivity index (χ3v) is 6.43. The molecule has 10 heteroatoms. The molecule has 1 amide bonds. The van der Waals surface area contributed by atoms with Crippen LogP contribution in [0.1, 0.15) is 20.3 Å². The fourth-order valence-corrected chi connectivity index (χ4v) is 4.67. The van der Waals surface area contributed by atoms with Gasteiger partial charge in [0.15, 0.2) is 16.7 Å². The number of hydrogen-bond acceptors (Lipinski definition) is 7. The zero-order valence-corrected chi connectivity index (χ0v) is 19.1. The van der Waals surface area contributed by atoms with Crippen molar-refractivity contribution < 1.29 is 14.3 Å². The molecule has 3 heterocycles. The summed E-state index contributed by atoms with van der Waals surface area (Å²) >= 11 is 1.29. The van der Waals surface area contributed by atoms with Crippen molar-refractivity contribution in [3.05, 3.63) is 52.8 Å². The molecule has 0 fully saturated rings. The fraction of sp³-hybridized carbons (Fsp3) is 0.304. The van der Waals surface area contributed by atoms with Gasteiger partial charge in [0.05, 0.1) is 16.2 Å². The number of amides is 1. The van der Waals surface area contributed by atoms with E-state index in [1.165, 1.54) is 11.8 Å². The maximum Gasteiger partial charge on any atom is 0.262 e. The summed E-state index contributed by atoms with van der Waals surface area (Å²) in [6.45, 7) is 5.35. The quantitative estimate of drug-likeness (QED) is 0.436. The van der Waals surface area contributed by atoms with Crippen molar-refractivity contribution in [2.45, 2.75) is 37.2 Å². The van der Waals surface area contributed by atoms with Gasteiger partial charge < -0.3 is 14.8 Å². The Morgan fingerprint density at radius 3 is 2.76 bits per heavy atom.